The van der Waals surface area contributed by atoms with Gasteiger partial charge in [-0.3, -0.25) is 10.1 Å². The Morgan fingerprint density at radius 2 is 1.79 bits per heavy atom. The van der Waals surface area contributed by atoms with Crippen molar-refractivity contribution in [2.75, 3.05) is 6.61 Å². The van der Waals surface area contributed by atoms with E-state index in [-0.39, 0.29) is 22.2 Å². The van der Waals surface area contributed by atoms with E-state index in [1.165, 1.54) is 25.2 Å². The standard InChI is InChI=1S/C18H29N5O5Si/c1-17(2,3)29(7,8)27-12-18(4,5)28-15-10-9-13(23(25)26)11-14(15)22-16(24)21(6)19-20-22/h9-11H,12H2,1-8H3. The molecule has 0 aliphatic rings. The third kappa shape index (κ3) is 5.09. The molecule has 0 saturated heterocycles. The second-order valence-electron chi connectivity index (χ2n) is 9.12. The molecule has 160 valence electrons. The molecule has 0 atom stereocenters. The summed E-state index contributed by atoms with van der Waals surface area (Å²) in [6.45, 7) is 14.8. The van der Waals surface area contributed by atoms with Crippen molar-refractivity contribution in [2.45, 2.75) is 58.4 Å². The first-order chi connectivity index (χ1) is 13.1. The van der Waals surface area contributed by atoms with Crippen molar-refractivity contribution in [1.82, 2.24) is 19.8 Å². The van der Waals surface area contributed by atoms with Crippen molar-refractivity contribution in [3.8, 4) is 11.4 Å². The molecule has 2 aromatic rings. The summed E-state index contributed by atoms with van der Waals surface area (Å²) >= 11 is 0. The summed E-state index contributed by atoms with van der Waals surface area (Å²) in [6, 6.07) is 4.03. The summed E-state index contributed by atoms with van der Waals surface area (Å²) in [6.07, 6.45) is 0. The van der Waals surface area contributed by atoms with E-state index >= 15 is 0 Å². The molecule has 1 aromatic carbocycles. The minimum Gasteiger partial charge on any atom is -0.483 e. The van der Waals surface area contributed by atoms with Crippen LogP contribution in [0, 0.1) is 10.1 Å². The number of non-ortho nitro benzene ring substituents is 1. The van der Waals surface area contributed by atoms with E-state index in [4.69, 9.17) is 9.16 Å². The van der Waals surface area contributed by atoms with Crippen LogP contribution < -0.4 is 10.4 Å². The van der Waals surface area contributed by atoms with Crippen molar-refractivity contribution in [3.63, 3.8) is 0 Å². The topological polar surface area (TPSA) is 114 Å². The highest BCUT2D eigenvalue weighted by molar-refractivity contribution is 6.74. The van der Waals surface area contributed by atoms with E-state index in [1.54, 1.807) is 0 Å². The van der Waals surface area contributed by atoms with Crippen molar-refractivity contribution in [2.24, 2.45) is 7.05 Å². The van der Waals surface area contributed by atoms with E-state index in [2.05, 4.69) is 44.3 Å². The molecule has 1 aromatic heterocycles. The molecule has 1 heterocycles. The molecule has 11 heteroatoms. The van der Waals surface area contributed by atoms with E-state index in [9.17, 15) is 14.9 Å². The molecule has 0 spiro atoms. The fourth-order valence-electron chi connectivity index (χ4n) is 2.23. The number of tetrazole rings is 1. The second kappa shape index (κ2) is 7.71. The SMILES string of the molecule is Cn1nnn(-c2cc([N+](=O)[O-])ccc2OC(C)(C)CO[Si](C)(C)C(C)(C)C)c1=O. The Balaban J connectivity index is 2.38. The molecular formula is C18H29N5O5Si. The number of hydrogen-bond donors (Lipinski definition) is 0. The van der Waals surface area contributed by atoms with Gasteiger partial charge in [-0.2, -0.15) is 9.36 Å². The normalized spacial score (nSPS) is 12.8. The van der Waals surface area contributed by atoms with Gasteiger partial charge in [0.25, 0.3) is 5.69 Å². The fraction of sp³-hybridized carbons (Fsp3) is 0.611. The van der Waals surface area contributed by atoms with Gasteiger partial charge in [0.05, 0.1) is 11.5 Å². The van der Waals surface area contributed by atoms with Crippen molar-refractivity contribution in [1.29, 1.82) is 0 Å². The van der Waals surface area contributed by atoms with E-state index in [0.717, 1.165) is 9.36 Å². The first-order valence-corrected chi connectivity index (χ1v) is 12.2. The Labute approximate surface area is 170 Å². The first kappa shape index (κ1) is 22.8. The van der Waals surface area contributed by atoms with E-state index in [1.807, 2.05) is 13.8 Å². The van der Waals surface area contributed by atoms with Crippen LogP contribution in [-0.2, 0) is 11.5 Å². The lowest BCUT2D eigenvalue weighted by Crippen LogP contribution is -2.46. The van der Waals surface area contributed by atoms with Crippen LogP contribution in [0.5, 0.6) is 5.75 Å². The van der Waals surface area contributed by atoms with Gasteiger partial charge >= 0.3 is 5.69 Å². The summed E-state index contributed by atoms with van der Waals surface area (Å²) < 4.78 is 14.4. The van der Waals surface area contributed by atoms with Crippen molar-refractivity contribution in [3.05, 3.63) is 38.8 Å². The zero-order valence-corrected chi connectivity index (χ0v) is 19.2. The highest BCUT2D eigenvalue weighted by Gasteiger charge is 2.39. The number of rotatable bonds is 7. The summed E-state index contributed by atoms with van der Waals surface area (Å²) in [7, 11) is -0.544. The van der Waals surface area contributed by atoms with Crippen LogP contribution in [0.3, 0.4) is 0 Å². The number of nitro groups is 1. The monoisotopic (exact) mass is 423 g/mol. The minimum absolute atomic E-state index is 0.0501. The van der Waals surface area contributed by atoms with Crippen LogP contribution in [0.15, 0.2) is 23.0 Å². The van der Waals surface area contributed by atoms with E-state index in [0.29, 0.717) is 6.61 Å². The Kier molecular flexibility index (Phi) is 6.05. The molecule has 0 N–H and O–H groups in total. The van der Waals surface area contributed by atoms with Gasteiger partial charge in [-0.25, -0.2) is 4.79 Å². The maximum absolute atomic E-state index is 12.3. The summed E-state index contributed by atoms with van der Waals surface area (Å²) in [4.78, 5) is 22.9. The largest absolute Gasteiger partial charge is 0.483 e. The van der Waals surface area contributed by atoms with Crippen LogP contribution >= 0.6 is 0 Å². The number of nitrogens with zero attached hydrogens (tertiary/aromatic N) is 5. The lowest BCUT2D eigenvalue weighted by atomic mass is 10.1. The molecule has 2 rings (SSSR count). The van der Waals surface area contributed by atoms with Gasteiger partial charge in [0.15, 0.2) is 8.32 Å². The van der Waals surface area contributed by atoms with Gasteiger partial charge in [0.1, 0.15) is 17.0 Å². The average Bonchev–Trinajstić information content (AvgIpc) is 2.91. The van der Waals surface area contributed by atoms with Crippen LogP contribution in [0.2, 0.25) is 18.1 Å². The Hall–Kier alpha value is -2.53. The number of aromatic nitrogens is 4. The van der Waals surface area contributed by atoms with Gasteiger partial charge in [0, 0.05) is 19.2 Å². The van der Waals surface area contributed by atoms with Gasteiger partial charge < -0.3 is 9.16 Å². The zero-order valence-electron chi connectivity index (χ0n) is 18.2. The highest BCUT2D eigenvalue weighted by Crippen LogP contribution is 2.37. The van der Waals surface area contributed by atoms with Gasteiger partial charge in [-0.05, 0) is 48.5 Å². The Morgan fingerprint density at radius 3 is 2.28 bits per heavy atom. The number of nitro benzene ring substituents is 1. The molecule has 0 radical (unpaired) electrons. The zero-order chi connectivity index (χ0) is 22.2. The molecule has 0 aliphatic carbocycles. The van der Waals surface area contributed by atoms with Crippen LogP contribution in [0.25, 0.3) is 5.69 Å². The smallest absolute Gasteiger partial charge is 0.368 e. The predicted octanol–water partition coefficient (Wildman–Crippen LogP) is 3.05. The highest BCUT2D eigenvalue weighted by atomic mass is 28.4. The summed E-state index contributed by atoms with van der Waals surface area (Å²) in [5.41, 5.74) is -1.31. The maximum atomic E-state index is 12.3. The number of aryl methyl sites for hydroxylation is 1. The molecular weight excluding hydrogens is 394 g/mol. The molecule has 29 heavy (non-hydrogen) atoms. The van der Waals surface area contributed by atoms with Crippen LogP contribution in [-0.4, -0.2) is 45.2 Å². The van der Waals surface area contributed by atoms with Gasteiger partial charge in [-0.15, -0.1) is 0 Å². The number of benzene rings is 1. The molecule has 0 saturated carbocycles. The van der Waals surface area contributed by atoms with Crippen LogP contribution in [0.4, 0.5) is 5.69 Å². The molecule has 0 unspecified atom stereocenters. The Morgan fingerprint density at radius 1 is 1.17 bits per heavy atom. The summed E-state index contributed by atoms with van der Waals surface area (Å²) in [5, 5.41) is 18.7. The van der Waals surface area contributed by atoms with Gasteiger partial charge in [0.2, 0.25) is 0 Å². The lowest BCUT2D eigenvalue weighted by molar-refractivity contribution is -0.384. The average molecular weight is 424 g/mol. The Bertz CT molecular complexity index is 958. The third-order valence-electron chi connectivity index (χ3n) is 5.08. The second-order valence-corrected chi connectivity index (χ2v) is 13.9. The fourth-order valence-corrected chi connectivity index (χ4v) is 3.38. The van der Waals surface area contributed by atoms with Crippen molar-refractivity contribution < 1.29 is 14.1 Å². The lowest BCUT2D eigenvalue weighted by Gasteiger charge is -2.39. The van der Waals surface area contributed by atoms with E-state index < -0.39 is 24.5 Å². The number of ether oxygens (including phenoxy) is 1. The van der Waals surface area contributed by atoms with Crippen LogP contribution in [0.1, 0.15) is 34.6 Å². The molecule has 0 fully saturated rings. The number of hydrogen-bond acceptors (Lipinski definition) is 7. The quantitative estimate of drug-likeness (QED) is 0.382. The first-order valence-electron chi connectivity index (χ1n) is 9.25. The van der Waals surface area contributed by atoms with Gasteiger partial charge in [-0.1, -0.05) is 20.8 Å². The molecule has 0 aliphatic heterocycles. The predicted molar refractivity (Wildman–Crippen MR) is 111 cm³/mol. The molecule has 0 amide bonds. The van der Waals surface area contributed by atoms with Crippen molar-refractivity contribution >= 4 is 14.0 Å². The molecule has 10 nitrogen and oxygen atoms in total. The molecule has 0 bridgehead atoms. The maximum Gasteiger partial charge on any atom is 0.368 e. The third-order valence-corrected chi connectivity index (χ3v) is 9.55. The summed E-state index contributed by atoms with van der Waals surface area (Å²) in [5.74, 6) is 0.280. The minimum atomic E-state index is -1.99.